The lowest BCUT2D eigenvalue weighted by Gasteiger charge is -2.34. The molecule has 1 aliphatic heterocycles. The molecule has 3 aromatic rings. The molecule has 0 aliphatic carbocycles. The summed E-state index contributed by atoms with van der Waals surface area (Å²) >= 11 is 0. The molecule has 29 heavy (non-hydrogen) atoms. The van der Waals surface area contributed by atoms with Crippen LogP contribution in [0.3, 0.4) is 0 Å². The third-order valence-corrected chi connectivity index (χ3v) is 4.98. The zero-order chi connectivity index (χ0) is 20.1. The minimum Gasteiger partial charge on any atom is -0.450 e. The van der Waals surface area contributed by atoms with E-state index in [1.807, 2.05) is 49.4 Å². The number of carbonyl (C=O) groups is 1. The molecule has 2 aromatic carbocycles. The van der Waals surface area contributed by atoms with Crippen LogP contribution in [0, 0.1) is 0 Å². The summed E-state index contributed by atoms with van der Waals surface area (Å²) in [5.41, 5.74) is 2.10. The summed E-state index contributed by atoms with van der Waals surface area (Å²) in [4.78, 5) is 25.4. The van der Waals surface area contributed by atoms with E-state index in [-0.39, 0.29) is 6.09 Å². The second-order valence-electron chi connectivity index (χ2n) is 6.90. The Bertz CT molecular complexity index is 971. The van der Waals surface area contributed by atoms with E-state index < -0.39 is 0 Å². The third-order valence-electron chi connectivity index (χ3n) is 4.98. The molecular formula is C22H25N5O2. The van der Waals surface area contributed by atoms with Crippen molar-refractivity contribution in [1.29, 1.82) is 0 Å². The maximum absolute atomic E-state index is 11.9. The summed E-state index contributed by atoms with van der Waals surface area (Å²) in [7, 11) is 0. The highest BCUT2D eigenvalue weighted by atomic mass is 16.6. The Morgan fingerprint density at radius 3 is 2.48 bits per heavy atom. The highest BCUT2D eigenvalue weighted by Crippen LogP contribution is 2.24. The predicted octanol–water partition coefficient (Wildman–Crippen LogP) is 3.52. The van der Waals surface area contributed by atoms with Crippen LogP contribution in [0.15, 0.2) is 54.6 Å². The first kappa shape index (κ1) is 19.0. The Hall–Kier alpha value is -3.35. The first-order valence-electron chi connectivity index (χ1n) is 9.96. The van der Waals surface area contributed by atoms with Gasteiger partial charge in [-0.3, -0.25) is 0 Å². The van der Waals surface area contributed by atoms with E-state index >= 15 is 0 Å². The van der Waals surface area contributed by atoms with Crippen LogP contribution in [0.4, 0.5) is 16.6 Å². The van der Waals surface area contributed by atoms with Crippen molar-refractivity contribution in [3.63, 3.8) is 0 Å². The summed E-state index contributed by atoms with van der Waals surface area (Å²) in [6.45, 7) is 5.45. The number of carbonyl (C=O) groups excluding carboxylic acids is 1. The number of benzene rings is 2. The Balaban J connectivity index is 1.53. The van der Waals surface area contributed by atoms with Crippen LogP contribution in [0.1, 0.15) is 12.5 Å². The molecule has 7 heteroatoms. The largest absolute Gasteiger partial charge is 0.450 e. The number of anilines is 2. The average Bonchev–Trinajstić information content (AvgIpc) is 2.78. The number of rotatable bonds is 5. The van der Waals surface area contributed by atoms with Crippen molar-refractivity contribution >= 4 is 28.8 Å². The molecule has 1 fully saturated rings. The number of nitrogens with one attached hydrogen (secondary N) is 1. The number of amides is 1. The number of aromatic nitrogens is 2. The van der Waals surface area contributed by atoms with E-state index in [9.17, 15) is 4.79 Å². The van der Waals surface area contributed by atoms with Crippen molar-refractivity contribution in [1.82, 2.24) is 14.9 Å². The summed E-state index contributed by atoms with van der Waals surface area (Å²) in [6.07, 6.45) is -0.253. The lowest BCUT2D eigenvalue weighted by Crippen LogP contribution is -2.49. The van der Waals surface area contributed by atoms with Gasteiger partial charge in [0.05, 0.1) is 12.1 Å². The van der Waals surface area contributed by atoms with Gasteiger partial charge in [0.1, 0.15) is 5.82 Å². The number of ether oxygens (including phenoxy) is 1. The maximum atomic E-state index is 11.9. The molecule has 0 bridgehead atoms. The monoisotopic (exact) mass is 391 g/mol. The maximum Gasteiger partial charge on any atom is 0.409 e. The summed E-state index contributed by atoms with van der Waals surface area (Å²) in [5.74, 6) is 1.50. The number of nitrogens with zero attached hydrogens (tertiary/aromatic N) is 4. The fraction of sp³-hybridized carbons (Fsp3) is 0.318. The Kier molecular flexibility index (Phi) is 5.74. The Morgan fingerprint density at radius 1 is 1.00 bits per heavy atom. The number of fused-ring (bicyclic) bond motifs is 1. The van der Waals surface area contributed by atoms with Crippen molar-refractivity contribution in [3.8, 4) is 0 Å². The van der Waals surface area contributed by atoms with Crippen LogP contribution in [-0.2, 0) is 11.3 Å². The van der Waals surface area contributed by atoms with Crippen LogP contribution in [0.5, 0.6) is 0 Å². The van der Waals surface area contributed by atoms with Gasteiger partial charge in [-0.05, 0) is 24.6 Å². The molecule has 4 rings (SSSR count). The van der Waals surface area contributed by atoms with Gasteiger partial charge in [0.2, 0.25) is 5.95 Å². The fourth-order valence-corrected chi connectivity index (χ4v) is 3.43. The van der Waals surface area contributed by atoms with Gasteiger partial charge < -0.3 is 19.9 Å². The quantitative estimate of drug-likeness (QED) is 0.718. The van der Waals surface area contributed by atoms with Gasteiger partial charge in [-0.1, -0.05) is 42.5 Å². The summed E-state index contributed by atoms with van der Waals surface area (Å²) in [5, 5.41) is 4.46. The molecule has 0 atom stereocenters. The summed E-state index contributed by atoms with van der Waals surface area (Å²) < 4.78 is 5.10. The molecule has 2 heterocycles. The highest BCUT2D eigenvalue weighted by Gasteiger charge is 2.24. The van der Waals surface area contributed by atoms with E-state index in [0.717, 1.165) is 16.7 Å². The van der Waals surface area contributed by atoms with Gasteiger partial charge in [0.25, 0.3) is 0 Å². The summed E-state index contributed by atoms with van der Waals surface area (Å²) in [6, 6.07) is 18.3. The lowest BCUT2D eigenvalue weighted by atomic mass is 10.2. The van der Waals surface area contributed by atoms with Crippen LogP contribution < -0.4 is 10.2 Å². The average molecular weight is 391 g/mol. The highest BCUT2D eigenvalue weighted by molar-refractivity contribution is 5.90. The third kappa shape index (κ3) is 4.39. The van der Waals surface area contributed by atoms with E-state index in [1.165, 1.54) is 5.56 Å². The number of piperazine rings is 1. The van der Waals surface area contributed by atoms with Crippen molar-refractivity contribution < 1.29 is 9.53 Å². The van der Waals surface area contributed by atoms with Crippen molar-refractivity contribution in [3.05, 3.63) is 60.2 Å². The van der Waals surface area contributed by atoms with E-state index in [4.69, 9.17) is 14.7 Å². The van der Waals surface area contributed by atoms with E-state index in [1.54, 1.807) is 4.90 Å². The molecule has 0 unspecified atom stereocenters. The molecule has 150 valence electrons. The van der Waals surface area contributed by atoms with E-state index in [0.29, 0.717) is 45.3 Å². The molecule has 1 aromatic heterocycles. The normalized spacial score (nSPS) is 14.1. The number of para-hydroxylation sites is 1. The SMILES string of the molecule is CCOC(=O)N1CCN(c2nc(NCc3ccccc3)c3ccccc3n2)CC1. The standard InChI is InChI=1S/C22H25N5O2/c1-2-29-22(28)27-14-12-26(13-15-27)21-24-19-11-7-6-10-18(19)20(25-21)23-16-17-8-4-3-5-9-17/h3-11H,2,12-16H2,1H3,(H,23,24,25). The van der Waals surface area contributed by atoms with Gasteiger partial charge in [-0.25, -0.2) is 9.78 Å². The zero-order valence-electron chi connectivity index (χ0n) is 16.5. The first-order valence-corrected chi connectivity index (χ1v) is 9.96. The van der Waals surface area contributed by atoms with Gasteiger partial charge in [0.15, 0.2) is 0 Å². The predicted molar refractivity (Wildman–Crippen MR) is 114 cm³/mol. The van der Waals surface area contributed by atoms with Crippen LogP contribution in [0.25, 0.3) is 10.9 Å². The number of hydrogen-bond acceptors (Lipinski definition) is 6. The smallest absolute Gasteiger partial charge is 0.409 e. The molecule has 1 N–H and O–H groups in total. The van der Waals surface area contributed by atoms with Gasteiger partial charge >= 0.3 is 6.09 Å². The molecule has 7 nitrogen and oxygen atoms in total. The van der Waals surface area contributed by atoms with Crippen LogP contribution >= 0.6 is 0 Å². The second-order valence-corrected chi connectivity index (χ2v) is 6.90. The molecule has 1 aliphatic rings. The van der Waals surface area contributed by atoms with Gasteiger partial charge in [0, 0.05) is 38.1 Å². The number of hydrogen-bond donors (Lipinski definition) is 1. The van der Waals surface area contributed by atoms with Crippen molar-refractivity contribution in [2.24, 2.45) is 0 Å². The molecule has 0 saturated carbocycles. The molecule has 0 radical (unpaired) electrons. The minimum atomic E-state index is -0.253. The van der Waals surface area contributed by atoms with Gasteiger partial charge in [-0.15, -0.1) is 0 Å². The first-order chi connectivity index (χ1) is 14.2. The topological polar surface area (TPSA) is 70.6 Å². The Labute approximate surface area is 170 Å². The molecule has 0 spiro atoms. The van der Waals surface area contributed by atoms with Crippen LogP contribution in [0.2, 0.25) is 0 Å². The zero-order valence-corrected chi connectivity index (χ0v) is 16.5. The molecular weight excluding hydrogens is 366 g/mol. The van der Waals surface area contributed by atoms with Crippen molar-refractivity contribution in [2.45, 2.75) is 13.5 Å². The van der Waals surface area contributed by atoms with Crippen molar-refractivity contribution in [2.75, 3.05) is 43.0 Å². The van der Waals surface area contributed by atoms with Crippen LogP contribution in [-0.4, -0.2) is 53.7 Å². The second kappa shape index (κ2) is 8.77. The molecule has 1 saturated heterocycles. The minimum absolute atomic E-state index is 0.253. The lowest BCUT2D eigenvalue weighted by molar-refractivity contribution is 0.105. The Morgan fingerprint density at radius 2 is 1.72 bits per heavy atom. The molecule has 1 amide bonds. The van der Waals surface area contributed by atoms with E-state index in [2.05, 4.69) is 22.3 Å². The fourth-order valence-electron chi connectivity index (χ4n) is 3.43. The van der Waals surface area contributed by atoms with Gasteiger partial charge in [-0.2, -0.15) is 4.98 Å².